The van der Waals surface area contributed by atoms with Crippen molar-refractivity contribution < 1.29 is 23.1 Å². The van der Waals surface area contributed by atoms with Crippen molar-refractivity contribution in [3.8, 4) is 22.5 Å². The monoisotopic (exact) mass is 489 g/mol. The van der Waals surface area contributed by atoms with Gasteiger partial charge in [0.1, 0.15) is 23.7 Å². The largest absolute Gasteiger partial charge is 0.437 e. The molecule has 10 heteroatoms. The van der Waals surface area contributed by atoms with E-state index in [1.54, 1.807) is 24.3 Å². The van der Waals surface area contributed by atoms with E-state index in [0.29, 0.717) is 43.5 Å². The minimum absolute atomic E-state index is 0.113. The molecule has 1 aliphatic heterocycles. The number of amides is 2. The minimum Gasteiger partial charge on any atom is -0.437 e. The fourth-order valence-corrected chi connectivity index (χ4v) is 4.14. The van der Waals surface area contributed by atoms with Gasteiger partial charge in [-0.25, -0.2) is 14.4 Å². The predicted molar refractivity (Wildman–Crippen MR) is 133 cm³/mol. The molecule has 3 heterocycles. The van der Waals surface area contributed by atoms with Crippen molar-refractivity contribution >= 4 is 34.4 Å². The third-order valence-corrected chi connectivity index (χ3v) is 5.84. The lowest BCUT2D eigenvalue weighted by Gasteiger charge is -2.28. The molecule has 184 valence electrons. The molecule has 9 nitrogen and oxygen atoms in total. The maximum atomic E-state index is 13.8. The van der Waals surface area contributed by atoms with E-state index in [-0.39, 0.29) is 24.2 Å². The Morgan fingerprint density at radius 2 is 1.69 bits per heavy atom. The van der Waals surface area contributed by atoms with Crippen molar-refractivity contribution in [3.05, 3.63) is 60.7 Å². The Morgan fingerprint density at radius 3 is 2.39 bits per heavy atom. The number of hydrogen-bond acceptors (Lipinski definition) is 7. The van der Waals surface area contributed by atoms with E-state index < -0.39 is 0 Å². The highest BCUT2D eigenvalue weighted by Gasteiger charge is 2.25. The Bertz CT molecular complexity index is 1400. The number of ether oxygens (including phenoxy) is 1. The molecule has 0 radical (unpaired) electrons. The standard InChI is InChI=1S/C26H24FN5O4/c1-16(33)28-14-21(34)31-20-8-4-18(5-9-20)24-22(17-2-6-19(27)7-3-17)23-25(29-15-30-26(23)36-24)32-10-12-35-13-11-32/h2-9,15H,10-14H2,1H3,(H,28,33)(H,31,34). The van der Waals surface area contributed by atoms with Crippen molar-refractivity contribution in [3.63, 3.8) is 0 Å². The lowest BCUT2D eigenvalue weighted by atomic mass is 9.99. The number of nitrogens with zero attached hydrogens (tertiary/aromatic N) is 3. The molecule has 4 aromatic rings. The van der Waals surface area contributed by atoms with Crippen LogP contribution in [-0.2, 0) is 14.3 Å². The third-order valence-electron chi connectivity index (χ3n) is 5.84. The summed E-state index contributed by atoms with van der Waals surface area (Å²) in [7, 11) is 0. The van der Waals surface area contributed by atoms with Crippen molar-refractivity contribution in [2.75, 3.05) is 43.1 Å². The van der Waals surface area contributed by atoms with E-state index >= 15 is 0 Å². The van der Waals surface area contributed by atoms with Crippen molar-refractivity contribution in [1.29, 1.82) is 0 Å². The predicted octanol–water partition coefficient (Wildman–Crippen LogP) is 3.61. The van der Waals surface area contributed by atoms with Gasteiger partial charge in [-0.2, -0.15) is 0 Å². The first-order chi connectivity index (χ1) is 17.5. The molecule has 1 aliphatic rings. The number of benzene rings is 2. The van der Waals surface area contributed by atoms with Crippen molar-refractivity contribution in [2.45, 2.75) is 6.92 Å². The zero-order valence-electron chi connectivity index (χ0n) is 19.6. The Hall–Kier alpha value is -4.31. The summed E-state index contributed by atoms with van der Waals surface area (Å²) < 4.78 is 25.5. The Balaban J connectivity index is 1.56. The second kappa shape index (κ2) is 10.1. The Morgan fingerprint density at radius 1 is 1.00 bits per heavy atom. The van der Waals surface area contributed by atoms with Crippen LogP contribution in [-0.4, -0.2) is 54.6 Å². The molecule has 36 heavy (non-hydrogen) atoms. The molecule has 1 saturated heterocycles. The van der Waals surface area contributed by atoms with Crippen LogP contribution in [0.3, 0.4) is 0 Å². The number of halogens is 1. The van der Waals surface area contributed by atoms with Gasteiger partial charge in [0.2, 0.25) is 17.5 Å². The van der Waals surface area contributed by atoms with Crippen molar-refractivity contribution in [1.82, 2.24) is 15.3 Å². The molecule has 0 unspecified atom stereocenters. The quantitative estimate of drug-likeness (QED) is 0.426. The van der Waals surface area contributed by atoms with E-state index in [0.717, 1.165) is 27.9 Å². The number of furan rings is 1. The van der Waals surface area contributed by atoms with Crippen LogP contribution in [0.15, 0.2) is 59.3 Å². The van der Waals surface area contributed by atoms with E-state index in [9.17, 15) is 14.0 Å². The number of nitrogens with one attached hydrogen (secondary N) is 2. The van der Waals surface area contributed by atoms with Gasteiger partial charge in [0.05, 0.1) is 25.1 Å². The molecule has 2 aromatic carbocycles. The Labute approximate surface area is 206 Å². The van der Waals surface area contributed by atoms with Crippen LogP contribution >= 0.6 is 0 Å². The van der Waals surface area contributed by atoms with Gasteiger partial charge in [-0.1, -0.05) is 12.1 Å². The SMILES string of the molecule is CC(=O)NCC(=O)Nc1ccc(-c2oc3ncnc(N4CCOCC4)c3c2-c2ccc(F)cc2)cc1. The summed E-state index contributed by atoms with van der Waals surface area (Å²) in [6, 6.07) is 13.4. The number of morpholine rings is 1. The van der Waals surface area contributed by atoms with E-state index in [4.69, 9.17) is 9.15 Å². The average Bonchev–Trinajstić information content (AvgIpc) is 3.29. The van der Waals surface area contributed by atoms with Gasteiger partial charge in [-0.3, -0.25) is 9.59 Å². The molecule has 5 rings (SSSR count). The summed E-state index contributed by atoms with van der Waals surface area (Å²) in [6.45, 7) is 3.79. The highest BCUT2D eigenvalue weighted by molar-refractivity contribution is 6.06. The van der Waals surface area contributed by atoms with E-state index in [1.807, 2.05) is 12.1 Å². The van der Waals surface area contributed by atoms with Gasteiger partial charge >= 0.3 is 0 Å². The first kappa shape index (κ1) is 23.4. The van der Waals surface area contributed by atoms with E-state index in [1.165, 1.54) is 25.4 Å². The zero-order chi connectivity index (χ0) is 25.1. The lowest BCUT2D eigenvalue weighted by Crippen LogP contribution is -2.36. The highest BCUT2D eigenvalue weighted by atomic mass is 19.1. The first-order valence-corrected chi connectivity index (χ1v) is 11.5. The first-order valence-electron chi connectivity index (χ1n) is 11.5. The van der Waals surface area contributed by atoms with Crippen LogP contribution < -0.4 is 15.5 Å². The molecule has 0 aliphatic carbocycles. The second-order valence-electron chi connectivity index (χ2n) is 8.33. The topological polar surface area (TPSA) is 110 Å². The minimum atomic E-state index is -0.336. The smallest absolute Gasteiger partial charge is 0.243 e. The summed E-state index contributed by atoms with van der Waals surface area (Å²) in [5.74, 6) is 0.344. The van der Waals surface area contributed by atoms with Crippen LogP contribution in [0.25, 0.3) is 33.6 Å². The van der Waals surface area contributed by atoms with Crippen LogP contribution in [0, 0.1) is 5.82 Å². The van der Waals surface area contributed by atoms with Crippen molar-refractivity contribution in [2.24, 2.45) is 0 Å². The van der Waals surface area contributed by atoms with Gasteiger partial charge in [0, 0.05) is 36.8 Å². The molecule has 2 N–H and O–H groups in total. The maximum absolute atomic E-state index is 13.8. The van der Waals surface area contributed by atoms with Crippen LogP contribution in [0.4, 0.5) is 15.9 Å². The van der Waals surface area contributed by atoms with Gasteiger partial charge in [0.15, 0.2) is 0 Å². The number of fused-ring (bicyclic) bond motifs is 1. The molecule has 0 spiro atoms. The molecule has 2 aromatic heterocycles. The summed E-state index contributed by atoms with van der Waals surface area (Å²) >= 11 is 0. The number of aromatic nitrogens is 2. The third kappa shape index (κ3) is 4.89. The van der Waals surface area contributed by atoms with Crippen LogP contribution in [0.1, 0.15) is 6.92 Å². The summed E-state index contributed by atoms with van der Waals surface area (Å²) in [6.07, 6.45) is 1.47. The fourth-order valence-electron chi connectivity index (χ4n) is 4.14. The zero-order valence-corrected chi connectivity index (χ0v) is 19.6. The highest BCUT2D eigenvalue weighted by Crippen LogP contribution is 2.43. The summed E-state index contributed by atoms with van der Waals surface area (Å²) in [5.41, 5.74) is 3.27. The molecule has 0 atom stereocenters. The molecule has 0 saturated carbocycles. The number of carbonyl (C=O) groups is 2. The lowest BCUT2D eigenvalue weighted by molar-refractivity contribution is -0.122. The molecule has 0 bridgehead atoms. The van der Waals surface area contributed by atoms with Gasteiger partial charge < -0.3 is 24.7 Å². The van der Waals surface area contributed by atoms with Gasteiger partial charge in [-0.05, 0) is 42.0 Å². The molecular formula is C26H24FN5O4. The van der Waals surface area contributed by atoms with Gasteiger partial charge in [0.25, 0.3) is 0 Å². The van der Waals surface area contributed by atoms with Crippen LogP contribution in [0.2, 0.25) is 0 Å². The number of hydrogen-bond donors (Lipinski definition) is 2. The number of carbonyl (C=O) groups excluding carboxylic acids is 2. The molecular weight excluding hydrogens is 465 g/mol. The van der Waals surface area contributed by atoms with Gasteiger partial charge in [-0.15, -0.1) is 0 Å². The maximum Gasteiger partial charge on any atom is 0.243 e. The number of anilines is 2. The molecule has 2 amide bonds. The fraction of sp³-hybridized carbons (Fsp3) is 0.231. The molecule has 1 fully saturated rings. The normalized spacial score (nSPS) is 13.6. The second-order valence-corrected chi connectivity index (χ2v) is 8.33. The van der Waals surface area contributed by atoms with E-state index in [2.05, 4.69) is 25.5 Å². The summed E-state index contributed by atoms with van der Waals surface area (Å²) in [5, 5.41) is 5.95. The van der Waals surface area contributed by atoms with Crippen LogP contribution in [0.5, 0.6) is 0 Å². The summed E-state index contributed by atoms with van der Waals surface area (Å²) in [4.78, 5) is 34.1. The number of rotatable bonds is 6. The average molecular weight is 490 g/mol. The Kier molecular flexibility index (Phi) is 6.59.